The molecule has 2 rings (SSSR count). The molecular weight excluding hydrogens is 223 g/mol. The van der Waals surface area contributed by atoms with Gasteiger partial charge in [0, 0.05) is 6.04 Å². The van der Waals surface area contributed by atoms with Crippen LogP contribution in [-0.2, 0) is 4.79 Å². The zero-order chi connectivity index (χ0) is 12.3. The predicted octanol–water partition coefficient (Wildman–Crippen LogP) is 1.35. The Labute approximate surface area is 98.0 Å². The lowest BCUT2D eigenvalue weighted by Gasteiger charge is -2.08. The van der Waals surface area contributed by atoms with Gasteiger partial charge in [-0.15, -0.1) is 0 Å². The summed E-state index contributed by atoms with van der Waals surface area (Å²) in [6.45, 7) is -0.200. The van der Waals surface area contributed by atoms with Crippen LogP contribution in [0.5, 0.6) is 5.75 Å². The lowest BCUT2D eigenvalue weighted by atomic mass is 10.2. The number of hydrogen-bond acceptors (Lipinski definition) is 3. The van der Waals surface area contributed by atoms with Crippen molar-refractivity contribution in [1.82, 2.24) is 5.32 Å². The minimum absolute atomic E-state index is 0.0958. The van der Waals surface area contributed by atoms with Gasteiger partial charge in [-0.25, -0.2) is 4.39 Å². The van der Waals surface area contributed by atoms with E-state index in [-0.39, 0.29) is 29.9 Å². The molecule has 0 unspecified atom stereocenters. The number of carbonyl (C=O) groups is 1. The van der Waals surface area contributed by atoms with E-state index in [1.165, 1.54) is 18.2 Å². The van der Waals surface area contributed by atoms with E-state index >= 15 is 0 Å². The molecule has 5 heteroatoms. The van der Waals surface area contributed by atoms with E-state index in [9.17, 15) is 9.18 Å². The first-order valence-corrected chi connectivity index (χ1v) is 5.31. The van der Waals surface area contributed by atoms with Crippen LogP contribution in [0.15, 0.2) is 18.2 Å². The summed E-state index contributed by atoms with van der Waals surface area (Å²) in [4.78, 5) is 11.3. The van der Waals surface area contributed by atoms with E-state index in [1.807, 2.05) is 0 Å². The van der Waals surface area contributed by atoms with Crippen molar-refractivity contribution < 1.29 is 13.9 Å². The standard InChI is InChI=1S/C12H11FN2O2/c13-10-2-1-3-11(9(10)6-14)17-7-12(16)15-8-4-5-8/h1-3,8H,4-5,7H2,(H,15,16). The summed E-state index contributed by atoms with van der Waals surface area (Å²) in [5, 5.41) is 11.5. The number of nitrogens with one attached hydrogen (secondary N) is 1. The van der Waals surface area contributed by atoms with E-state index < -0.39 is 5.82 Å². The molecule has 0 aliphatic heterocycles. The highest BCUT2D eigenvalue weighted by atomic mass is 19.1. The molecule has 1 saturated carbocycles. The fourth-order valence-electron chi connectivity index (χ4n) is 1.37. The number of rotatable bonds is 4. The number of amides is 1. The average Bonchev–Trinajstić information content (AvgIpc) is 3.10. The number of nitriles is 1. The van der Waals surface area contributed by atoms with Gasteiger partial charge in [0.15, 0.2) is 6.61 Å². The maximum absolute atomic E-state index is 13.2. The summed E-state index contributed by atoms with van der Waals surface area (Å²) in [6.07, 6.45) is 1.99. The third-order valence-electron chi connectivity index (χ3n) is 2.39. The molecule has 1 N–H and O–H groups in total. The molecule has 0 aromatic heterocycles. The Morgan fingerprint density at radius 1 is 1.59 bits per heavy atom. The summed E-state index contributed by atoms with van der Waals surface area (Å²) in [7, 11) is 0. The lowest BCUT2D eigenvalue weighted by Crippen LogP contribution is -2.30. The van der Waals surface area contributed by atoms with Crippen LogP contribution < -0.4 is 10.1 Å². The SMILES string of the molecule is N#Cc1c(F)cccc1OCC(=O)NC1CC1. The number of halogens is 1. The predicted molar refractivity (Wildman–Crippen MR) is 57.8 cm³/mol. The van der Waals surface area contributed by atoms with Gasteiger partial charge in [0.05, 0.1) is 0 Å². The molecular formula is C12H11FN2O2. The van der Waals surface area contributed by atoms with Gasteiger partial charge in [0.2, 0.25) is 0 Å². The molecule has 0 bridgehead atoms. The van der Waals surface area contributed by atoms with E-state index in [2.05, 4.69) is 5.32 Å². The van der Waals surface area contributed by atoms with Gasteiger partial charge in [-0.2, -0.15) is 5.26 Å². The number of hydrogen-bond donors (Lipinski definition) is 1. The van der Waals surface area contributed by atoms with Crippen LogP contribution in [0, 0.1) is 17.1 Å². The van der Waals surface area contributed by atoms with Gasteiger partial charge >= 0.3 is 0 Å². The summed E-state index contributed by atoms with van der Waals surface area (Å²) in [5.41, 5.74) is -0.174. The highest BCUT2D eigenvalue weighted by molar-refractivity contribution is 5.78. The van der Waals surface area contributed by atoms with Crippen molar-refractivity contribution in [2.45, 2.75) is 18.9 Å². The van der Waals surface area contributed by atoms with Crippen molar-refractivity contribution in [2.75, 3.05) is 6.61 Å². The van der Waals surface area contributed by atoms with Gasteiger partial charge in [-0.05, 0) is 25.0 Å². The first-order chi connectivity index (χ1) is 8.20. The number of nitrogens with zero attached hydrogens (tertiary/aromatic N) is 1. The molecule has 88 valence electrons. The van der Waals surface area contributed by atoms with E-state index in [1.54, 1.807) is 6.07 Å². The molecule has 1 aliphatic carbocycles. The van der Waals surface area contributed by atoms with Crippen LogP contribution in [0.3, 0.4) is 0 Å². The highest BCUT2D eigenvalue weighted by Gasteiger charge is 2.23. The molecule has 17 heavy (non-hydrogen) atoms. The third kappa shape index (κ3) is 2.94. The monoisotopic (exact) mass is 234 g/mol. The van der Waals surface area contributed by atoms with Gasteiger partial charge in [-0.3, -0.25) is 4.79 Å². The molecule has 1 amide bonds. The summed E-state index contributed by atoms with van der Waals surface area (Å²) >= 11 is 0. The molecule has 0 atom stereocenters. The number of benzene rings is 1. The zero-order valence-corrected chi connectivity index (χ0v) is 9.07. The molecule has 1 aromatic carbocycles. The zero-order valence-electron chi connectivity index (χ0n) is 9.07. The second-order valence-electron chi connectivity index (χ2n) is 3.86. The number of carbonyl (C=O) groups excluding carboxylic acids is 1. The molecule has 0 saturated heterocycles. The maximum atomic E-state index is 13.2. The maximum Gasteiger partial charge on any atom is 0.258 e. The Morgan fingerprint density at radius 3 is 3.00 bits per heavy atom. The molecule has 0 spiro atoms. The van der Waals surface area contributed by atoms with Crippen LogP contribution in [0.4, 0.5) is 4.39 Å². The first kappa shape index (κ1) is 11.4. The van der Waals surface area contributed by atoms with Crippen LogP contribution >= 0.6 is 0 Å². The smallest absolute Gasteiger partial charge is 0.258 e. The highest BCUT2D eigenvalue weighted by Crippen LogP contribution is 2.21. The summed E-state index contributed by atoms with van der Waals surface area (Å²) < 4.78 is 18.3. The molecule has 1 aromatic rings. The molecule has 4 nitrogen and oxygen atoms in total. The van der Waals surface area contributed by atoms with Gasteiger partial charge in [-0.1, -0.05) is 6.07 Å². The largest absolute Gasteiger partial charge is 0.482 e. The second-order valence-corrected chi connectivity index (χ2v) is 3.86. The second kappa shape index (κ2) is 4.83. The van der Waals surface area contributed by atoms with E-state index in [0.29, 0.717) is 0 Å². The number of ether oxygens (including phenoxy) is 1. The Balaban J connectivity index is 1.96. The van der Waals surface area contributed by atoms with Crippen LogP contribution in [0.1, 0.15) is 18.4 Å². The van der Waals surface area contributed by atoms with Crippen molar-refractivity contribution in [3.8, 4) is 11.8 Å². The molecule has 0 heterocycles. The normalized spacial score (nSPS) is 13.9. The molecule has 1 aliphatic rings. The van der Waals surface area contributed by atoms with Crippen molar-refractivity contribution in [3.63, 3.8) is 0 Å². The lowest BCUT2D eigenvalue weighted by molar-refractivity contribution is -0.123. The van der Waals surface area contributed by atoms with Gasteiger partial charge in [0.1, 0.15) is 23.2 Å². The van der Waals surface area contributed by atoms with Crippen molar-refractivity contribution in [2.24, 2.45) is 0 Å². The molecule has 0 radical (unpaired) electrons. The summed E-state index contributed by atoms with van der Waals surface area (Å²) in [6, 6.07) is 6.04. The van der Waals surface area contributed by atoms with Crippen LogP contribution in [0.2, 0.25) is 0 Å². The fraction of sp³-hybridized carbons (Fsp3) is 0.333. The van der Waals surface area contributed by atoms with Gasteiger partial charge < -0.3 is 10.1 Å². The Hall–Kier alpha value is -2.09. The summed E-state index contributed by atoms with van der Waals surface area (Å²) in [5.74, 6) is -0.799. The Bertz CT molecular complexity index is 478. The quantitative estimate of drug-likeness (QED) is 0.855. The Morgan fingerprint density at radius 2 is 2.35 bits per heavy atom. The minimum atomic E-state index is -0.646. The van der Waals surface area contributed by atoms with Crippen molar-refractivity contribution >= 4 is 5.91 Å². The van der Waals surface area contributed by atoms with Crippen LogP contribution in [-0.4, -0.2) is 18.6 Å². The van der Waals surface area contributed by atoms with E-state index in [0.717, 1.165) is 12.8 Å². The van der Waals surface area contributed by atoms with Crippen molar-refractivity contribution in [3.05, 3.63) is 29.6 Å². The molecule has 1 fully saturated rings. The van der Waals surface area contributed by atoms with Gasteiger partial charge in [0.25, 0.3) is 5.91 Å². The fourth-order valence-corrected chi connectivity index (χ4v) is 1.37. The van der Waals surface area contributed by atoms with E-state index in [4.69, 9.17) is 10.00 Å². The third-order valence-corrected chi connectivity index (χ3v) is 2.39. The van der Waals surface area contributed by atoms with Crippen molar-refractivity contribution in [1.29, 1.82) is 5.26 Å². The minimum Gasteiger partial charge on any atom is -0.482 e. The van der Waals surface area contributed by atoms with Crippen LogP contribution in [0.25, 0.3) is 0 Å². The topological polar surface area (TPSA) is 62.1 Å². The first-order valence-electron chi connectivity index (χ1n) is 5.31. The Kier molecular flexibility index (Phi) is 3.24. The average molecular weight is 234 g/mol.